The second kappa shape index (κ2) is 5.87. The number of benzene rings is 1. The van der Waals surface area contributed by atoms with E-state index in [2.05, 4.69) is 16.9 Å². The Hall–Kier alpha value is -1.26. The first-order chi connectivity index (χ1) is 4.93. The summed E-state index contributed by atoms with van der Waals surface area (Å²) >= 11 is 0. The number of nitrogens with two attached hydrogens (primary N) is 2. The quantitative estimate of drug-likeness (QED) is 0.344. The number of hydrogen-bond acceptors (Lipinski definition) is 4. The van der Waals surface area contributed by atoms with Crippen LogP contribution in [-0.2, 0) is 0 Å². The van der Waals surface area contributed by atoms with Gasteiger partial charge in [-0.2, -0.15) is 0 Å². The van der Waals surface area contributed by atoms with Gasteiger partial charge < -0.3 is 0 Å². The summed E-state index contributed by atoms with van der Waals surface area (Å²) in [7, 11) is 0. The Morgan fingerprint density at radius 3 is 1.90 bits per heavy atom. The molecule has 4 heteroatoms. The molecule has 0 aromatic heterocycles. The molecule has 0 spiro atoms. The van der Waals surface area contributed by atoms with E-state index in [1.807, 2.05) is 6.07 Å². The van der Waals surface area contributed by atoms with E-state index in [4.69, 9.17) is 0 Å². The van der Waals surface area contributed by atoms with Crippen LogP contribution in [0.1, 0.15) is 0 Å². The van der Waals surface area contributed by atoms with Gasteiger partial charge in [0.2, 0.25) is 0 Å². The van der Waals surface area contributed by atoms with Crippen LogP contribution in [0.3, 0.4) is 0 Å². The van der Waals surface area contributed by atoms with E-state index >= 15 is 0 Å². The van der Waals surface area contributed by atoms with Crippen molar-refractivity contribution in [1.29, 1.82) is 0 Å². The Balaban J connectivity index is 0.000000371. The standard InChI is InChI=1S/C6H5NO.H4N2/c8-7-6-4-2-1-3-5-6;1-2/h1-5H;1-2H2. The van der Waals surface area contributed by atoms with Gasteiger partial charge in [-0.15, -0.1) is 4.91 Å². The predicted molar refractivity (Wildman–Crippen MR) is 40.3 cm³/mol. The molecular formula is C6H9N3O. The zero-order chi connectivity index (χ0) is 7.82. The third kappa shape index (κ3) is 2.91. The first-order valence-corrected chi connectivity index (χ1v) is 2.65. The predicted octanol–water partition coefficient (Wildman–Crippen LogP) is 0.903. The second-order valence-corrected chi connectivity index (χ2v) is 1.43. The fraction of sp³-hybridized carbons (Fsp3) is 0. The van der Waals surface area contributed by atoms with Gasteiger partial charge in [0.05, 0.1) is 0 Å². The maximum absolute atomic E-state index is 9.76. The van der Waals surface area contributed by atoms with Gasteiger partial charge in [0.1, 0.15) is 5.69 Å². The minimum absolute atomic E-state index is 0.479. The summed E-state index contributed by atoms with van der Waals surface area (Å²) in [6, 6.07) is 8.71. The molecule has 0 radical (unpaired) electrons. The summed E-state index contributed by atoms with van der Waals surface area (Å²) in [4.78, 5) is 9.76. The molecule has 0 heterocycles. The van der Waals surface area contributed by atoms with Gasteiger partial charge in [0.15, 0.2) is 0 Å². The minimum Gasteiger partial charge on any atom is -0.274 e. The van der Waals surface area contributed by atoms with Gasteiger partial charge in [-0.1, -0.05) is 18.2 Å². The first-order valence-electron chi connectivity index (χ1n) is 2.65. The Bertz CT molecular complexity index is 176. The molecule has 1 aromatic rings. The molecule has 0 saturated carbocycles. The highest BCUT2D eigenvalue weighted by molar-refractivity contribution is 5.34. The summed E-state index contributed by atoms with van der Waals surface area (Å²) in [5.74, 6) is 8.00. The van der Waals surface area contributed by atoms with Crippen LogP contribution in [0.25, 0.3) is 0 Å². The highest BCUT2D eigenvalue weighted by Gasteiger charge is 1.81. The van der Waals surface area contributed by atoms with Crippen molar-refractivity contribution in [1.82, 2.24) is 0 Å². The van der Waals surface area contributed by atoms with Crippen molar-refractivity contribution >= 4 is 5.69 Å². The number of rotatable bonds is 1. The first kappa shape index (κ1) is 8.74. The Kier molecular flexibility index (Phi) is 5.13. The molecule has 0 fully saturated rings. The van der Waals surface area contributed by atoms with E-state index in [0.29, 0.717) is 5.69 Å². The fourth-order valence-corrected chi connectivity index (χ4v) is 0.489. The number of hydrazine groups is 1. The molecule has 0 aliphatic carbocycles. The van der Waals surface area contributed by atoms with Crippen molar-refractivity contribution in [2.24, 2.45) is 16.9 Å². The highest BCUT2D eigenvalue weighted by atomic mass is 16.3. The lowest BCUT2D eigenvalue weighted by molar-refractivity contribution is 1.26. The van der Waals surface area contributed by atoms with Gasteiger partial charge in [0, 0.05) is 0 Å². The molecule has 0 atom stereocenters. The van der Waals surface area contributed by atoms with Gasteiger partial charge in [-0.3, -0.25) is 11.7 Å². The van der Waals surface area contributed by atoms with E-state index in [9.17, 15) is 4.91 Å². The molecule has 0 aliphatic heterocycles. The third-order valence-corrected chi connectivity index (χ3v) is 0.862. The Morgan fingerprint density at radius 2 is 1.60 bits per heavy atom. The van der Waals surface area contributed by atoms with Gasteiger partial charge >= 0.3 is 0 Å². The van der Waals surface area contributed by atoms with Crippen molar-refractivity contribution < 1.29 is 0 Å². The summed E-state index contributed by atoms with van der Waals surface area (Å²) in [6.07, 6.45) is 0. The van der Waals surface area contributed by atoms with Crippen LogP contribution in [0.4, 0.5) is 5.69 Å². The summed E-state index contributed by atoms with van der Waals surface area (Å²) in [5, 5.41) is 2.72. The molecular weight excluding hydrogens is 130 g/mol. The zero-order valence-corrected chi connectivity index (χ0v) is 5.40. The van der Waals surface area contributed by atoms with Crippen molar-refractivity contribution in [3.05, 3.63) is 35.2 Å². The van der Waals surface area contributed by atoms with Crippen LogP contribution in [0.2, 0.25) is 0 Å². The zero-order valence-electron chi connectivity index (χ0n) is 5.40. The lowest BCUT2D eigenvalue weighted by Gasteiger charge is -1.80. The second-order valence-electron chi connectivity index (χ2n) is 1.43. The molecule has 0 bridgehead atoms. The molecule has 1 aromatic carbocycles. The van der Waals surface area contributed by atoms with E-state index in [-0.39, 0.29) is 0 Å². The normalized spacial score (nSPS) is 7.40. The van der Waals surface area contributed by atoms with E-state index in [0.717, 1.165) is 0 Å². The maximum atomic E-state index is 9.76. The SMILES string of the molecule is NN.O=Nc1ccccc1. The lowest BCUT2D eigenvalue weighted by atomic mass is 10.3. The van der Waals surface area contributed by atoms with E-state index < -0.39 is 0 Å². The summed E-state index contributed by atoms with van der Waals surface area (Å²) < 4.78 is 0. The summed E-state index contributed by atoms with van der Waals surface area (Å²) in [5.41, 5.74) is 0.479. The van der Waals surface area contributed by atoms with Gasteiger partial charge in [-0.05, 0) is 17.3 Å². The van der Waals surface area contributed by atoms with Gasteiger partial charge in [0.25, 0.3) is 0 Å². The fourth-order valence-electron chi connectivity index (χ4n) is 0.489. The number of nitroso groups, excluding NO2 is 1. The Morgan fingerprint density at radius 1 is 1.10 bits per heavy atom. The van der Waals surface area contributed by atoms with Crippen LogP contribution in [0.5, 0.6) is 0 Å². The van der Waals surface area contributed by atoms with E-state index in [1.54, 1.807) is 24.3 Å². The van der Waals surface area contributed by atoms with E-state index in [1.165, 1.54) is 0 Å². The lowest BCUT2D eigenvalue weighted by Crippen LogP contribution is -2.02. The molecule has 4 nitrogen and oxygen atoms in total. The van der Waals surface area contributed by atoms with Crippen LogP contribution < -0.4 is 11.7 Å². The topological polar surface area (TPSA) is 81.5 Å². The molecule has 0 unspecified atom stereocenters. The largest absolute Gasteiger partial charge is 0.274 e. The molecule has 0 aliphatic rings. The molecule has 4 N–H and O–H groups in total. The van der Waals surface area contributed by atoms with Crippen molar-refractivity contribution in [3.8, 4) is 0 Å². The molecule has 0 saturated heterocycles. The van der Waals surface area contributed by atoms with Crippen LogP contribution in [-0.4, -0.2) is 0 Å². The van der Waals surface area contributed by atoms with Crippen molar-refractivity contribution in [3.63, 3.8) is 0 Å². The van der Waals surface area contributed by atoms with Crippen molar-refractivity contribution in [2.45, 2.75) is 0 Å². The molecule has 1 rings (SSSR count). The number of nitrogens with zero attached hydrogens (tertiary/aromatic N) is 1. The molecule has 54 valence electrons. The maximum Gasteiger partial charge on any atom is 0.107 e. The van der Waals surface area contributed by atoms with Gasteiger partial charge in [-0.25, -0.2) is 0 Å². The monoisotopic (exact) mass is 139 g/mol. The molecule has 10 heavy (non-hydrogen) atoms. The van der Waals surface area contributed by atoms with Crippen LogP contribution >= 0.6 is 0 Å². The Labute approximate surface area is 58.8 Å². The smallest absolute Gasteiger partial charge is 0.107 e. The summed E-state index contributed by atoms with van der Waals surface area (Å²) in [6.45, 7) is 0. The highest BCUT2D eigenvalue weighted by Crippen LogP contribution is 2.07. The van der Waals surface area contributed by atoms with Crippen LogP contribution in [0, 0.1) is 4.91 Å². The molecule has 0 amide bonds. The number of hydrogen-bond donors (Lipinski definition) is 2. The third-order valence-electron chi connectivity index (χ3n) is 0.862. The average Bonchev–Trinajstić information content (AvgIpc) is 2.10. The van der Waals surface area contributed by atoms with Crippen molar-refractivity contribution in [2.75, 3.05) is 0 Å². The minimum atomic E-state index is 0.479. The van der Waals surface area contributed by atoms with Crippen LogP contribution in [0.15, 0.2) is 35.5 Å². The average molecular weight is 139 g/mol.